The molecule has 0 unspecified atom stereocenters. The van der Waals surface area contributed by atoms with Crippen LogP contribution in [0.1, 0.15) is 49.2 Å². The van der Waals surface area contributed by atoms with Crippen molar-refractivity contribution < 1.29 is 9.53 Å². The number of aromatic nitrogens is 1. The van der Waals surface area contributed by atoms with Crippen LogP contribution in [0.4, 0.5) is 0 Å². The number of nitrogens with zero attached hydrogens (tertiary/aromatic N) is 1. The fourth-order valence-electron chi connectivity index (χ4n) is 3.23. The summed E-state index contributed by atoms with van der Waals surface area (Å²) in [5.41, 5.74) is 3.37. The SMILES string of the molecule is COc1cnccc1C(=O)/C=C1/NC(C)(C)C(C)(C)c2ccccc21. The van der Waals surface area contributed by atoms with Crippen LogP contribution < -0.4 is 10.1 Å². The van der Waals surface area contributed by atoms with Gasteiger partial charge >= 0.3 is 0 Å². The molecule has 0 saturated heterocycles. The number of hydrogen-bond acceptors (Lipinski definition) is 4. The number of rotatable bonds is 3. The molecular weight excluding hydrogens is 312 g/mol. The first-order valence-corrected chi connectivity index (χ1v) is 8.40. The molecular formula is C21H24N2O2. The van der Waals surface area contributed by atoms with E-state index in [-0.39, 0.29) is 16.7 Å². The smallest absolute Gasteiger partial charge is 0.191 e. The monoisotopic (exact) mass is 336 g/mol. The van der Waals surface area contributed by atoms with Crippen LogP contribution in [0.25, 0.3) is 5.70 Å². The summed E-state index contributed by atoms with van der Waals surface area (Å²) >= 11 is 0. The molecule has 2 aromatic rings. The maximum absolute atomic E-state index is 12.9. The van der Waals surface area contributed by atoms with Crippen molar-refractivity contribution in [1.29, 1.82) is 0 Å². The third-order valence-electron chi connectivity index (χ3n) is 5.45. The molecule has 1 aliphatic rings. The minimum atomic E-state index is -0.199. The second kappa shape index (κ2) is 6.03. The van der Waals surface area contributed by atoms with E-state index in [9.17, 15) is 4.79 Å². The molecule has 0 spiro atoms. The van der Waals surface area contributed by atoms with Gasteiger partial charge in [0, 0.05) is 34.5 Å². The van der Waals surface area contributed by atoms with Crippen LogP contribution in [0.2, 0.25) is 0 Å². The second-order valence-electron chi connectivity index (χ2n) is 7.42. The summed E-state index contributed by atoms with van der Waals surface area (Å²) in [6.45, 7) is 8.77. The normalized spacial score (nSPS) is 19.0. The number of pyridine rings is 1. The molecule has 1 aliphatic heterocycles. The highest BCUT2D eigenvalue weighted by Crippen LogP contribution is 2.43. The van der Waals surface area contributed by atoms with Crippen molar-refractivity contribution in [3.63, 3.8) is 0 Å². The van der Waals surface area contributed by atoms with Gasteiger partial charge in [0.05, 0.1) is 18.9 Å². The first-order chi connectivity index (χ1) is 11.8. The van der Waals surface area contributed by atoms with Crippen molar-refractivity contribution in [2.75, 3.05) is 7.11 Å². The highest BCUT2D eigenvalue weighted by atomic mass is 16.5. The molecule has 0 saturated carbocycles. The highest BCUT2D eigenvalue weighted by molar-refractivity contribution is 6.10. The molecule has 0 bridgehead atoms. The summed E-state index contributed by atoms with van der Waals surface area (Å²) in [4.78, 5) is 16.9. The number of ketones is 1. The van der Waals surface area contributed by atoms with Crippen LogP contribution in [0.3, 0.4) is 0 Å². The maximum atomic E-state index is 12.9. The zero-order valence-electron chi connectivity index (χ0n) is 15.4. The Kier molecular flexibility index (Phi) is 4.15. The predicted molar refractivity (Wildman–Crippen MR) is 99.8 cm³/mol. The Balaban J connectivity index is 2.11. The van der Waals surface area contributed by atoms with Crippen LogP contribution in [0, 0.1) is 0 Å². The van der Waals surface area contributed by atoms with Crippen molar-refractivity contribution in [1.82, 2.24) is 10.3 Å². The Labute approximate surface area is 148 Å². The van der Waals surface area contributed by atoms with E-state index >= 15 is 0 Å². The summed E-state index contributed by atoms with van der Waals surface area (Å²) in [6, 6.07) is 9.93. The lowest BCUT2D eigenvalue weighted by molar-refractivity contribution is 0.104. The number of benzene rings is 1. The Bertz CT molecular complexity index is 850. The van der Waals surface area contributed by atoms with Crippen molar-refractivity contribution in [2.24, 2.45) is 0 Å². The van der Waals surface area contributed by atoms with Crippen LogP contribution in [-0.2, 0) is 5.41 Å². The molecule has 0 radical (unpaired) electrons. The molecule has 0 atom stereocenters. The third kappa shape index (κ3) is 2.82. The molecule has 130 valence electrons. The molecule has 0 aliphatic carbocycles. The van der Waals surface area contributed by atoms with Gasteiger partial charge in [-0.1, -0.05) is 38.1 Å². The number of allylic oxidation sites excluding steroid dienone is 1. The van der Waals surface area contributed by atoms with Crippen molar-refractivity contribution >= 4 is 11.5 Å². The number of fused-ring (bicyclic) bond motifs is 1. The van der Waals surface area contributed by atoms with E-state index < -0.39 is 0 Å². The number of methoxy groups -OCH3 is 1. The first-order valence-electron chi connectivity index (χ1n) is 8.40. The lowest BCUT2D eigenvalue weighted by Gasteiger charge is -2.49. The van der Waals surface area contributed by atoms with Gasteiger partial charge in [0.2, 0.25) is 0 Å². The van der Waals surface area contributed by atoms with E-state index in [1.165, 1.54) is 5.56 Å². The summed E-state index contributed by atoms with van der Waals surface area (Å²) in [7, 11) is 1.54. The van der Waals surface area contributed by atoms with Gasteiger partial charge in [-0.2, -0.15) is 0 Å². The molecule has 4 heteroatoms. The van der Waals surface area contributed by atoms with E-state index in [0.29, 0.717) is 11.3 Å². The van der Waals surface area contributed by atoms with E-state index in [0.717, 1.165) is 11.3 Å². The molecule has 1 N–H and O–H groups in total. The Morgan fingerprint density at radius 1 is 1.16 bits per heavy atom. The molecule has 25 heavy (non-hydrogen) atoms. The Morgan fingerprint density at radius 3 is 2.60 bits per heavy atom. The minimum Gasteiger partial charge on any atom is -0.494 e. The zero-order valence-corrected chi connectivity index (χ0v) is 15.4. The summed E-state index contributed by atoms with van der Waals surface area (Å²) in [6.07, 6.45) is 4.82. The molecule has 0 fully saturated rings. The standard InChI is InChI=1S/C21H24N2O2/c1-20(2)16-9-7-6-8-14(16)17(23-21(20,3)4)12-18(24)15-10-11-22-13-19(15)25-5/h6-13,23H,1-5H3/b17-12+. The summed E-state index contributed by atoms with van der Waals surface area (Å²) < 4.78 is 5.27. The molecule has 4 nitrogen and oxygen atoms in total. The second-order valence-corrected chi connectivity index (χ2v) is 7.42. The van der Waals surface area contributed by atoms with Gasteiger partial charge in [0.15, 0.2) is 5.78 Å². The van der Waals surface area contributed by atoms with Gasteiger partial charge in [-0.15, -0.1) is 0 Å². The minimum absolute atomic E-state index is 0.0711. The quantitative estimate of drug-likeness (QED) is 0.680. The highest BCUT2D eigenvalue weighted by Gasteiger charge is 2.44. The van der Waals surface area contributed by atoms with Gasteiger partial charge in [-0.3, -0.25) is 9.78 Å². The molecule has 3 rings (SSSR count). The van der Waals surface area contributed by atoms with E-state index in [1.807, 2.05) is 12.1 Å². The molecule has 1 aromatic heterocycles. The molecule has 2 heterocycles. The first kappa shape index (κ1) is 17.2. The van der Waals surface area contributed by atoms with E-state index in [1.54, 1.807) is 31.6 Å². The van der Waals surface area contributed by atoms with E-state index in [2.05, 4.69) is 50.1 Å². The fraction of sp³-hybridized carbons (Fsp3) is 0.333. The topological polar surface area (TPSA) is 51.2 Å². The van der Waals surface area contributed by atoms with E-state index in [4.69, 9.17) is 4.74 Å². The van der Waals surface area contributed by atoms with Crippen molar-refractivity contribution in [3.8, 4) is 5.75 Å². The van der Waals surface area contributed by atoms with Crippen molar-refractivity contribution in [3.05, 3.63) is 65.5 Å². The number of hydrogen-bond donors (Lipinski definition) is 1. The average molecular weight is 336 g/mol. The number of carbonyl (C=O) groups excluding carboxylic acids is 1. The van der Waals surface area contributed by atoms with Crippen molar-refractivity contribution in [2.45, 2.75) is 38.6 Å². The summed E-state index contributed by atoms with van der Waals surface area (Å²) in [5, 5.41) is 3.56. The molecule has 0 amide bonds. The largest absolute Gasteiger partial charge is 0.494 e. The van der Waals surface area contributed by atoms with Crippen LogP contribution >= 0.6 is 0 Å². The lowest BCUT2D eigenvalue weighted by atomic mass is 9.65. The number of nitrogens with one attached hydrogen (secondary N) is 1. The van der Waals surface area contributed by atoms with Crippen LogP contribution in [0.15, 0.2) is 48.8 Å². The number of carbonyl (C=O) groups is 1. The van der Waals surface area contributed by atoms with Crippen LogP contribution in [0.5, 0.6) is 5.75 Å². The van der Waals surface area contributed by atoms with Gasteiger partial charge < -0.3 is 10.1 Å². The van der Waals surface area contributed by atoms with Gasteiger partial charge in [0.25, 0.3) is 0 Å². The Morgan fingerprint density at radius 2 is 1.88 bits per heavy atom. The predicted octanol–water partition coefficient (Wildman–Crippen LogP) is 3.97. The average Bonchev–Trinajstić information content (AvgIpc) is 2.59. The summed E-state index contributed by atoms with van der Waals surface area (Å²) in [5.74, 6) is 0.375. The molecule has 1 aromatic carbocycles. The number of ether oxygens (including phenoxy) is 1. The van der Waals surface area contributed by atoms with Gasteiger partial charge in [0.1, 0.15) is 5.75 Å². The zero-order chi connectivity index (χ0) is 18.2. The van der Waals surface area contributed by atoms with Gasteiger partial charge in [-0.25, -0.2) is 0 Å². The third-order valence-corrected chi connectivity index (χ3v) is 5.45. The van der Waals surface area contributed by atoms with Crippen LogP contribution in [-0.4, -0.2) is 23.4 Å². The maximum Gasteiger partial charge on any atom is 0.191 e. The lowest BCUT2D eigenvalue weighted by Crippen LogP contribution is -2.56. The van der Waals surface area contributed by atoms with Gasteiger partial charge in [-0.05, 0) is 25.5 Å². The fourth-order valence-corrected chi connectivity index (χ4v) is 3.23. The Hall–Kier alpha value is -2.62.